The highest BCUT2D eigenvalue weighted by atomic mass is 16.4. The van der Waals surface area contributed by atoms with Crippen LogP contribution in [0.3, 0.4) is 0 Å². The Morgan fingerprint density at radius 3 is 2.83 bits per heavy atom. The molecule has 0 saturated heterocycles. The van der Waals surface area contributed by atoms with Crippen LogP contribution in [0.15, 0.2) is 24.4 Å². The molecule has 2 rings (SSSR count). The van der Waals surface area contributed by atoms with E-state index in [1.54, 1.807) is 18.2 Å². The second kappa shape index (κ2) is 4.23. The van der Waals surface area contributed by atoms with Gasteiger partial charge in [-0.25, -0.2) is 9.97 Å². The van der Waals surface area contributed by atoms with E-state index in [-0.39, 0.29) is 12.3 Å². The first-order valence-corrected chi connectivity index (χ1v) is 5.35. The number of carboxylic acids is 1. The minimum absolute atomic E-state index is 0.149. The van der Waals surface area contributed by atoms with Crippen LogP contribution in [0.2, 0.25) is 0 Å². The summed E-state index contributed by atoms with van der Waals surface area (Å²) < 4.78 is 0. The molecule has 1 aromatic heterocycles. The van der Waals surface area contributed by atoms with Gasteiger partial charge in [-0.3, -0.25) is 4.79 Å². The average Bonchev–Trinajstić information content (AvgIpc) is 2.28. The Morgan fingerprint density at radius 2 is 2.17 bits per heavy atom. The fourth-order valence-electron chi connectivity index (χ4n) is 1.66. The number of fused-ring (bicyclic) bond motifs is 1. The number of aromatic nitrogens is 2. The van der Waals surface area contributed by atoms with Crippen molar-refractivity contribution in [1.82, 2.24) is 9.97 Å². The van der Waals surface area contributed by atoms with E-state index in [2.05, 4.69) is 9.97 Å². The third kappa shape index (κ3) is 2.38. The smallest absolute Gasteiger partial charge is 0.323 e. The molecule has 0 fully saturated rings. The molecule has 2 aromatic rings. The van der Waals surface area contributed by atoms with E-state index in [4.69, 9.17) is 10.8 Å². The summed E-state index contributed by atoms with van der Waals surface area (Å²) in [6.07, 6.45) is 1.44. The van der Waals surface area contributed by atoms with E-state index in [9.17, 15) is 9.90 Å². The summed E-state index contributed by atoms with van der Waals surface area (Å²) >= 11 is 0. The third-order valence-electron chi connectivity index (χ3n) is 2.65. The average molecular weight is 247 g/mol. The molecule has 0 aliphatic carbocycles. The topological polar surface area (TPSA) is 109 Å². The Labute approximate surface area is 103 Å². The number of carbonyl (C=O) groups is 1. The molecule has 18 heavy (non-hydrogen) atoms. The molecule has 94 valence electrons. The quantitative estimate of drug-likeness (QED) is 0.735. The molecule has 0 amide bonds. The standard InChI is InChI=1S/C12H13N3O3/c1-12(13,11(17)18)5-7-2-3-8-9(4-7)14-6-10(16)15-8/h2-4,6H,5,13H2,1H3,(H,15,16)(H,17,18). The molecule has 6 heteroatoms. The molecule has 1 unspecified atom stereocenters. The Hall–Kier alpha value is -2.21. The SMILES string of the molecule is CC(N)(Cc1ccc2nc(O)cnc2c1)C(=O)O. The predicted octanol–water partition coefficient (Wildman–Crippen LogP) is 0.680. The zero-order valence-corrected chi connectivity index (χ0v) is 9.79. The molecular weight excluding hydrogens is 234 g/mol. The summed E-state index contributed by atoms with van der Waals surface area (Å²) in [7, 11) is 0. The largest absolute Gasteiger partial charge is 0.492 e. The van der Waals surface area contributed by atoms with Gasteiger partial charge in [0.25, 0.3) is 0 Å². The predicted molar refractivity (Wildman–Crippen MR) is 65.1 cm³/mol. The normalized spacial score (nSPS) is 14.3. The van der Waals surface area contributed by atoms with Crippen molar-refractivity contribution in [1.29, 1.82) is 0 Å². The highest BCUT2D eigenvalue weighted by molar-refractivity contribution is 5.79. The Morgan fingerprint density at radius 1 is 1.44 bits per heavy atom. The van der Waals surface area contributed by atoms with E-state index < -0.39 is 11.5 Å². The molecule has 0 aliphatic rings. The number of rotatable bonds is 3. The summed E-state index contributed by atoms with van der Waals surface area (Å²) in [4.78, 5) is 18.9. The summed E-state index contributed by atoms with van der Waals surface area (Å²) in [6.45, 7) is 1.46. The lowest BCUT2D eigenvalue weighted by molar-refractivity contribution is -0.142. The monoisotopic (exact) mass is 247 g/mol. The van der Waals surface area contributed by atoms with Crippen LogP contribution in [0, 0.1) is 0 Å². The minimum atomic E-state index is -1.32. The van der Waals surface area contributed by atoms with Crippen molar-refractivity contribution >= 4 is 17.0 Å². The number of aromatic hydroxyl groups is 1. The Balaban J connectivity index is 2.36. The van der Waals surface area contributed by atoms with Crippen molar-refractivity contribution in [2.45, 2.75) is 18.9 Å². The first kappa shape index (κ1) is 12.3. The van der Waals surface area contributed by atoms with Crippen LogP contribution < -0.4 is 5.73 Å². The first-order chi connectivity index (χ1) is 8.38. The highest BCUT2D eigenvalue weighted by Crippen LogP contribution is 2.17. The number of nitrogens with two attached hydrogens (primary N) is 1. The van der Waals surface area contributed by atoms with E-state index in [0.717, 1.165) is 5.56 Å². The Bertz CT molecular complexity index is 611. The molecule has 1 aromatic carbocycles. The molecular formula is C12H13N3O3. The van der Waals surface area contributed by atoms with Crippen molar-refractivity contribution in [3.05, 3.63) is 30.0 Å². The van der Waals surface area contributed by atoms with Gasteiger partial charge in [0.2, 0.25) is 5.88 Å². The lowest BCUT2D eigenvalue weighted by atomic mass is 9.94. The summed E-state index contributed by atoms with van der Waals surface area (Å²) in [5.41, 5.74) is 6.26. The van der Waals surface area contributed by atoms with Crippen LogP contribution in [0.25, 0.3) is 11.0 Å². The summed E-state index contributed by atoms with van der Waals surface area (Å²) in [5, 5.41) is 18.2. The summed E-state index contributed by atoms with van der Waals surface area (Å²) in [5.74, 6) is -1.20. The van der Waals surface area contributed by atoms with Gasteiger partial charge in [0, 0.05) is 6.42 Å². The minimum Gasteiger partial charge on any atom is -0.492 e. The fraction of sp³-hybridized carbons (Fsp3) is 0.250. The van der Waals surface area contributed by atoms with Crippen LogP contribution in [0.4, 0.5) is 0 Å². The van der Waals surface area contributed by atoms with Crippen molar-refractivity contribution in [2.75, 3.05) is 0 Å². The van der Waals surface area contributed by atoms with Crippen LogP contribution in [-0.4, -0.2) is 31.7 Å². The third-order valence-corrected chi connectivity index (χ3v) is 2.65. The molecule has 0 aliphatic heterocycles. The Kier molecular flexibility index (Phi) is 2.88. The number of hydrogen-bond acceptors (Lipinski definition) is 5. The lowest BCUT2D eigenvalue weighted by Gasteiger charge is -2.19. The van der Waals surface area contributed by atoms with E-state index in [0.29, 0.717) is 11.0 Å². The number of benzene rings is 1. The van der Waals surface area contributed by atoms with Gasteiger partial charge in [-0.05, 0) is 24.6 Å². The zero-order valence-electron chi connectivity index (χ0n) is 9.79. The maximum atomic E-state index is 10.9. The summed E-state index contributed by atoms with van der Waals surface area (Å²) in [6, 6.07) is 5.12. The van der Waals surface area contributed by atoms with Gasteiger partial charge in [0.05, 0.1) is 17.2 Å². The number of carboxylic acid groups (broad SMARTS) is 1. The van der Waals surface area contributed by atoms with Gasteiger partial charge < -0.3 is 15.9 Å². The van der Waals surface area contributed by atoms with E-state index >= 15 is 0 Å². The van der Waals surface area contributed by atoms with Crippen molar-refractivity contribution in [3.8, 4) is 5.88 Å². The van der Waals surface area contributed by atoms with Crippen molar-refractivity contribution in [3.63, 3.8) is 0 Å². The van der Waals surface area contributed by atoms with Crippen LogP contribution in [0.1, 0.15) is 12.5 Å². The number of aliphatic carboxylic acids is 1. The second-order valence-corrected chi connectivity index (χ2v) is 4.45. The van der Waals surface area contributed by atoms with Gasteiger partial charge in [0.15, 0.2) is 0 Å². The maximum absolute atomic E-state index is 10.9. The van der Waals surface area contributed by atoms with Gasteiger partial charge in [-0.15, -0.1) is 0 Å². The lowest BCUT2D eigenvalue weighted by Crippen LogP contribution is -2.46. The van der Waals surface area contributed by atoms with Crippen LogP contribution in [0.5, 0.6) is 5.88 Å². The molecule has 6 nitrogen and oxygen atoms in total. The van der Waals surface area contributed by atoms with Gasteiger partial charge >= 0.3 is 5.97 Å². The van der Waals surface area contributed by atoms with E-state index in [1.807, 2.05) is 0 Å². The molecule has 0 radical (unpaired) electrons. The fourth-order valence-corrected chi connectivity index (χ4v) is 1.66. The van der Waals surface area contributed by atoms with Crippen LogP contribution >= 0.6 is 0 Å². The van der Waals surface area contributed by atoms with Crippen molar-refractivity contribution < 1.29 is 15.0 Å². The van der Waals surface area contributed by atoms with Gasteiger partial charge in [-0.1, -0.05) is 6.07 Å². The van der Waals surface area contributed by atoms with Gasteiger partial charge in [0.1, 0.15) is 5.54 Å². The number of hydrogen-bond donors (Lipinski definition) is 3. The number of nitrogens with zero attached hydrogens (tertiary/aromatic N) is 2. The first-order valence-electron chi connectivity index (χ1n) is 5.35. The molecule has 1 atom stereocenters. The molecule has 0 bridgehead atoms. The second-order valence-electron chi connectivity index (χ2n) is 4.45. The van der Waals surface area contributed by atoms with Crippen LogP contribution in [-0.2, 0) is 11.2 Å². The molecule has 1 heterocycles. The van der Waals surface area contributed by atoms with Gasteiger partial charge in [-0.2, -0.15) is 0 Å². The maximum Gasteiger partial charge on any atom is 0.323 e. The zero-order chi connectivity index (χ0) is 13.3. The highest BCUT2D eigenvalue weighted by Gasteiger charge is 2.28. The molecule has 0 saturated carbocycles. The van der Waals surface area contributed by atoms with Crippen molar-refractivity contribution in [2.24, 2.45) is 5.73 Å². The molecule has 4 N–H and O–H groups in total. The molecule has 0 spiro atoms. The van der Waals surface area contributed by atoms with E-state index in [1.165, 1.54) is 13.1 Å².